The summed E-state index contributed by atoms with van der Waals surface area (Å²) in [6.07, 6.45) is 3.19. The Morgan fingerprint density at radius 2 is 1.83 bits per heavy atom. The minimum atomic E-state index is -0.394. The molecule has 0 amide bonds. The Bertz CT molecular complexity index is 1170. The van der Waals surface area contributed by atoms with Crippen LogP contribution in [0.5, 0.6) is 5.75 Å². The van der Waals surface area contributed by atoms with E-state index >= 15 is 0 Å². The van der Waals surface area contributed by atoms with Crippen LogP contribution in [-0.2, 0) is 16.1 Å². The number of methoxy groups -OCH3 is 1. The number of carbonyl (C=O) groups is 1. The lowest BCUT2D eigenvalue weighted by Gasteiger charge is -2.03. The fourth-order valence-corrected chi connectivity index (χ4v) is 3.73. The second-order valence-electron chi connectivity index (χ2n) is 6.42. The average Bonchev–Trinajstić information content (AvgIpc) is 3.25. The highest BCUT2D eigenvalue weighted by Gasteiger charge is 2.06. The summed E-state index contributed by atoms with van der Waals surface area (Å²) in [6, 6.07) is 21.8. The number of thiazole rings is 1. The first kappa shape index (κ1) is 18.9. The number of aromatic nitrogens is 1. The van der Waals surface area contributed by atoms with E-state index in [-0.39, 0.29) is 6.61 Å². The molecule has 1 aromatic heterocycles. The van der Waals surface area contributed by atoms with E-state index in [1.165, 1.54) is 17.4 Å². The van der Waals surface area contributed by atoms with Crippen molar-refractivity contribution in [2.24, 2.45) is 0 Å². The van der Waals surface area contributed by atoms with Crippen LogP contribution in [-0.4, -0.2) is 18.1 Å². The third-order valence-electron chi connectivity index (χ3n) is 4.42. The lowest BCUT2D eigenvalue weighted by Crippen LogP contribution is -2.00. The minimum Gasteiger partial charge on any atom is -0.497 e. The molecule has 4 nitrogen and oxygen atoms in total. The Labute approximate surface area is 173 Å². The Morgan fingerprint density at radius 3 is 2.66 bits per heavy atom. The van der Waals surface area contributed by atoms with Gasteiger partial charge in [0, 0.05) is 17.0 Å². The van der Waals surface area contributed by atoms with Crippen LogP contribution in [0.3, 0.4) is 0 Å². The van der Waals surface area contributed by atoms with Crippen LogP contribution >= 0.6 is 11.3 Å². The van der Waals surface area contributed by atoms with Gasteiger partial charge in [-0.15, -0.1) is 11.3 Å². The van der Waals surface area contributed by atoms with Gasteiger partial charge in [-0.05, 0) is 40.6 Å². The van der Waals surface area contributed by atoms with Gasteiger partial charge in [-0.25, -0.2) is 9.78 Å². The van der Waals surface area contributed by atoms with Crippen molar-refractivity contribution < 1.29 is 14.3 Å². The first-order chi connectivity index (χ1) is 14.2. The molecule has 0 unspecified atom stereocenters. The van der Waals surface area contributed by atoms with Gasteiger partial charge in [-0.2, -0.15) is 0 Å². The van der Waals surface area contributed by atoms with E-state index in [9.17, 15) is 4.79 Å². The summed E-state index contributed by atoms with van der Waals surface area (Å²) in [5, 5.41) is 5.00. The van der Waals surface area contributed by atoms with Crippen LogP contribution in [0.25, 0.3) is 27.4 Å². The van der Waals surface area contributed by atoms with Crippen LogP contribution in [0.1, 0.15) is 11.3 Å². The van der Waals surface area contributed by atoms with Gasteiger partial charge in [-0.1, -0.05) is 48.5 Å². The molecule has 0 fully saturated rings. The first-order valence-corrected chi connectivity index (χ1v) is 10.0. The van der Waals surface area contributed by atoms with E-state index < -0.39 is 5.97 Å². The normalized spacial score (nSPS) is 11.1. The number of hydrogen-bond donors (Lipinski definition) is 0. The number of ether oxygens (including phenoxy) is 2. The molecular formula is C24H19NO3S. The molecule has 0 radical (unpaired) electrons. The minimum absolute atomic E-state index is 0.157. The molecule has 1 heterocycles. The molecule has 0 bridgehead atoms. The molecule has 0 aliphatic heterocycles. The summed E-state index contributed by atoms with van der Waals surface area (Å²) in [4.78, 5) is 16.6. The Kier molecular flexibility index (Phi) is 5.68. The number of rotatable bonds is 6. The predicted molar refractivity (Wildman–Crippen MR) is 117 cm³/mol. The van der Waals surface area contributed by atoms with Gasteiger partial charge in [0.15, 0.2) is 0 Å². The van der Waals surface area contributed by atoms with E-state index in [2.05, 4.69) is 4.98 Å². The van der Waals surface area contributed by atoms with Crippen LogP contribution in [0.15, 0.2) is 78.2 Å². The lowest BCUT2D eigenvalue weighted by molar-refractivity contribution is -0.139. The van der Waals surface area contributed by atoms with Crippen molar-refractivity contribution in [2.45, 2.75) is 6.61 Å². The Hall–Kier alpha value is -3.44. The van der Waals surface area contributed by atoms with Crippen LogP contribution in [0.2, 0.25) is 0 Å². The highest BCUT2D eigenvalue weighted by Crippen LogP contribution is 2.24. The van der Waals surface area contributed by atoms with Crippen LogP contribution in [0.4, 0.5) is 0 Å². The summed E-state index contributed by atoms with van der Waals surface area (Å²) in [5.41, 5.74) is 2.73. The maximum atomic E-state index is 12.1. The van der Waals surface area contributed by atoms with Gasteiger partial charge in [0.1, 0.15) is 17.4 Å². The molecule has 144 valence electrons. The molecule has 3 aromatic carbocycles. The molecule has 5 heteroatoms. The molecule has 0 saturated heterocycles. The fraction of sp³-hybridized carbons (Fsp3) is 0.0833. The standard InChI is InChI=1S/C24H19NO3S/c1-27-22-11-10-19-13-17(7-9-20(19)14-22)8-12-23(26)28-15-21-16-29-24(25-21)18-5-3-2-4-6-18/h2-14,16H,15H2,1H3/b12-8+. The van der Waals surface area contributed by atoms with Crippen molar-refractivity contribution >= 4 is 34.2 Å². The molecule has 29 heavy (non-hydrogen) atoms. The Balaban J connectivity index is 1.36. The van der Waals surface area contributed by atoms with Gasteiger partial charge in [0.05, 0.1) is 12.8 Å². The number of benzene rings is 3. The summed E-state index contributed by atoms with van der Waals surface area (Å²) in [7, 11) is 1.65. The van der Waals surface area contributed by atoms with Gasteiger partial charge in [0.2, 0.25) is 0 Å². The molecule has 4 aromatic rings. The van der Waals surface area contributed by atoms with Gasteiger partial charge >= 0.3 is 5.97 Å². The summed E-state index contributed by atoms with van der Waals surface area (Å²) >= 11 is 1.54. The van der Waals surface area contributed by atoms with Crippen molar-refractivity contribution in [3.63, 3.8) is 0 Å². The lowest BCUT2D eigenvalue weighted by atomic mass is 10.1. The predicted octanol–water partition coefficient (Wildman–Crippen LogP) is 5.73. The monoisotopic (exact) mass is 401 g/mol. The third kappa shape index (κ3) is 4.70. The molecule has 0 spiro atoms. The fourth-order valence-electron chi connectivity index (χ4n) is 2.92. The number of esters is 1. The van der Waals surface area contributed by atoms with Crippen molar-refractivity contribution in [2.75, 3.05) is 7.11 Å². The zero-order valence-electron chi connectivity index (χ0n) is 15.9. The van der Waals surface area contributed by atoms with Crippen molar-refractivity contribution in [3.8, 4) is 16.3 Å². The molecule has 0 aliphatic rings. The van der Waals surface area contributed by atoms with E-state index in [4.69, 9.17) is 9.47 Å². The number of nitrogens with zero attached hydrogens (tertiary/aromatic N) is 1. The largest absolute Gasteiger partial charge is 0.497 e. The van der Waals surface area contributed by atoms with Gasteiger partial charge < -0.3 is 9.47 Å². The first-order valence-electron chi connectivity index (χ1n) is 9.14. The molecule has 0 N–H and O–H groups in total. The van der Waals surface area contributed by atoms with Gasteiger partial charge in [-0.3, -0.25) is 0 Å². The van der Waals surface area contributed by atoms with E-state index in [0.29, 0.717) is 0 Å². The summed E-state index contributed by atoms with van der Waals surface area (Å²) < 4.78 is 10.6. The van der Waals surface area contributed by atoms with Crippen LogP contribution in [0, 0.1) is 0 Å². The maximum absolute atomic E-state index is 12.1. The quantitative estimate of drug-likeness (QED) is 0.306. The highest BCUT2D eigenvalue weighted by molar-refractivity contribution is 7.13. The third-order valence-corrected chi connectivity index (χ3v) is 5.36. The maximum Gasteiger partial charge on any atom is 0.331 e. The van der Waals surface area contributed by atoms with Crippen LogP contribution < -0.4 is 4.74 Å². The second-order valence-corrected chi connectivity index (χ2v) is 7.28. The number of carbonyl (C=O) groups excluding carboxylic acids is 1. The molecule has 0 saturated carbocycles. The Morgan fingerprint density at radius 1 is 1.03 bits per heavy atom. The van der Waals surface area contributed by atoms with E-state index in [0.717, 1.165) is 38.4 Å². The molecule has 0 atom stereocenters. The van der Waals surface area contributed by atoms with Gasteiger partial charge in [0.25, 0.3) is 0 Å². The van der Waals surface area contributed by atoms with E-state index in [1.807, 2.05) is 72.1 Å². The number of fused-ring (bicyclic) bond motifs is 1. The smallest absolute Gasteiger partial charge is 0.331 e. The van der Waals surface area contributed by atoms with Crippen molar-refractivity contribution in [1.29, 1.82) is 0 Å². The molecular weight excluding hydrogens is 382 g/mol. The molecule has 4 rings (SSSR count). The topological polar surface area (TPSA) is 48.4 Å². The second kappa shape index (κ2) is 8.71. The number of hydrogen-bond acceptors (Lipinski definition) is 5. The SMILES string of the molecule is COc1ccc2cc(/C=C/C(=O)OCc3csc(-c4ccccc4)n3)ccc2c1. The van der Waals surface area contributed by atoms with Crippen molar-refractivity contribution in [3.05, 3.63) is 89.4 Å². The van der Waals surface area contributed by atoms with Crippen molar-refractivity contribution in [1.82, 2.24) is 4.98 Å². The summed E-state index contributed by atoms with van der Waals surface area (Å²) in [5.74, 6) is 0.427. The zero-order chi connectivity index (χ0) is 20.1. The zero-order valence-corrected chi connectivity index (χ0v) is 16.7. The highest BCUT2D eigenvalue weighted by atomic mass is 32.1. The average molecular weight is 401 g/mol. The summed E-state index contributed by atoms with van der Waals surface area (Å²) in [6.45, 7) is 0.157. The molecule has 0 aliphatic carbocycles. The van der Waals surface area contributed by atoms with E-state index in [1.54, 1.807) is 13.2 Å².